The summed E-state index contributed by atoms with van der Waals surface area (Å²) in [6.45, 7) is 2.74. The Morgan fingerprint density at radius 1 is 1.23 bits per heavy atom. The summed E-state index contributed by atoms with van der Waals surface area (Å²) in [5.41, 5.74) is 0.835. The third-order valence-electron chi connectivity index (χ3n) is 2.79. The summed E-state index contributed by atoms with van der Waals surface area (Å²) in [5, 5.41) is 2.79. The summed E-state index contributed by atoms with van der Waals surface area (Å²) in [7, 11) is 0. The molecule has 0 aliphatic carbocycles. The predicted octanol–water partition coefficient (Wildman–Crippen LogP) is 2.94. The first-order valence-electron chi connectivity index (χ1n) is 6.90. The molecule has 5 nitrogen and oxygen atoms in total. The third-order valence-corrected chi connectivity index (χ3v) is 3.32. The maximum atomic E-state index is 11.8. The number of carbonyl (C=O) groups excluding carboxylic acids is 1. The fraction of sp³-hybridized carbons (Fsp3) is 0.250. The number of amides is 1. The molecule has 0 aliphatic rings. The smallest absolute Gasteiger partial charge is 0.258 e. The number of hydrogen-bond acceptors (Lipinski definition) is 4. The average molecular weight is 365 g/mol. The van der Waals surface area contributed by atoms with E-state index in [1.807, 2.05) is 31.2 Å². The average Bonchev–Trinajstić information content (AvgIpc) is 2.54. The minimum absolute atomic E-state index is 0.0359. The van der Waals surface area contributed by atoms with Crippen molar-refractivity contribution in [3.05, 3.63) is 52.6 Å². The van der Waals surface area contributed by atoms with Gasteiger partial charge in [-0.15, -0.1) is 0 Å². The Bertz CT molecular complexity index is 617. The zero-order valence-corrected chi connectivity index (χ0v) is 13.8. The van der Waals surface area contributed by atoms with Crippen LogP contribution in [-0.4, -0.2) is 24.1 Å². The van der Waals surface area contributed by atoms with E-state index in [1.165, 1.54) is 0 Å². The molecule has 1 aromatic heterocycles. The lowest BCUT2D eigenvalue weighted by molar-refractivity contribution is -0.123. The van der Waals surface area contributed by atoms with Crippen molar-refractivity contribution < 1.29 is 14.3 Å². The van der Waals surface area contributed by atoms with Crippen LogP contribution in [0.1, 0.15) is 12.5 Å². The Balaban J connectivity index is 1.81. The standard InChI is InChI=1S/C16H17BrN2O3/c1-2-21-16-12(4-3-9-18-16)10-19-15(20)11-22-14-7-5-13(17)6-8-14/h3-9H,2,10-11H2,1H3,(H,19,20). The van der Waals surface area contributed by atoms with E-state index in [9.17, 15) is 4.79 Å². The first kappa shape index (κ1) is 16.3. The first-order chi connectivity index (χ1) is 10.7. The van der Waals surface area contributed by atoms with Crippen LogP contribution in [0.4, 0.5) is 0 Å². The Morgan fingerprint density at radius 2 is 2.00 bits per heavy atom. The largest absolute Gasteiger partial charge is 0.484 e. The van der Waals surface area contributed by atoms with Crippen molar-refractivity contribution in [2.24, 2.45) is 0 Å². The lowest BCUT2D eigenvalue weighted by Gasteiger charge is -2.10. The van der Waals surface area contributed by atoms with Crippen LogP contribution in [0.25, 0.3) is 0 Å². The molecule has 0 radical (unpaired) electrons. The molecule has 0 spiro atoms. The van der Waals surface area contributed by atoms with E-state index >= 15 is 0 Å². The number of nitrogens with zero attached hydrogens (tertiary/aromatic N) is 1. The topological polar surface area (TPSA) is 60.5 Å². The number of benzene rings is 1. The highest BCUT2D eigenvalue weighted by atomic mass is 79.9. The van der Waals surface area contributed by atoms with Crippen molar-refractivity contribution in [3.63, 3.8) is 0 Å². The fourth-order valence-corrected chi connectivity index (χ4v) is 2.01. The molecule has 0 bridgehead atoms. The van der Waals surface area contributed by atoms with Gasteiger partial charge < -0.3 is 14.8 Å². The molecule has 0 fully saturated rings. The number of nitrogens with one attached hydrogen (secondary N) is 1. The molecule has 2 rings (SSSR count). The Kier molecular flexibility index (Phi) is 6.21. The van der Waals surface area contributed by atoms with Gasteiger partial charge in [-0.3, -0.25) is 4.79 Å². The van der Waals surface area contributed by atoms with Crippen LogP contribution >= 0.6 is 15.9 Å². The van der Waals surface area contributed by atoms with Crippen molar-refractivity contribution >= 4 is 21.8 Å². The summed E-state index contributed by atoms with van der Waals surface area (Å²) in [6.07, 6.45) is 1.66. The van der Waals surface area contributed by atoms with E-state index in [0.717, 1.165) is 10.0 Å². The van der Waals surface area contributed by atoms with Crippen molar-refractivity contribution in [1.29, 1.82) is 0 Å². The second kappa shape index (κ2) is 8.38. The highest BCUT2D eigenvalue weighted by Crippen LogP contribution is 2.16. The zero-order chi connectivity index (χ0) is 15.8. The SMILES string of the molecule is CCOc1ncccc1CNC(=O)COc1ccc(Br)cc1. The van der Waals surface area contributed by atoms with Gasteiger partial charge in [-0.2, -0.15) is 0 Å². The van der Waals surface area contributed by atoms with Crippen LogP contribution in [-0.2, 0) is 11.3 Å². The number of halogens is 1. The maximum Gasteiger partial charge on any atom is 0.258 e. The lowest BCUT2D eigenvalue weighted by Crippen LogP contribution is -2.28. The number of hydrogen-bond donors (Lipinski definition) is 1. The minimum Gasteiger partial charge on any atom is -0.484 e. The van der Waals surface area contributed by atoms with Gasteiger partial charge in [0.1, 0.15) is 5.75 Å². The van der Waals surface area contributed by atoms with Crippen molar-refractivity contribution in [1.82, 2.24) is 10.3 Å². The van der Waals surface area contributed by atoms with E-state index in [4.69, 9.17) is 9.47 Å². The Hall–Kier alpha value is -2.08. The number of ether oxygens (including phenoxy) is 2. The highest BCUT2D eigenvalue weighted by molar-refractivity contribution is 9.10. The number of aromatic nitrogens is 1. The van der Waals surface area contributed by atoms with E-state index in [0.29, 0.717) is 24.8 Å². The molecule has 116 valence electrons. The molecule has 1 aromatic carbocycles. The fourth-order valence-electron chi connectivity index (χ4n) is 1.75. The second-order valence-corrected chi connectivity index (χ2v) is 5.34. The molecule has 1 heterocycles. The van der Waals surface area contributed by atoms with Gasteiger partial charge in [-0.25, -0.2) is 4.98 Å². The number of carbonyl (C=O) groups is 1. The third kappa shape index (κ3) is 5.04. The maximum absolute atomic E-state index is 11.8. The normalized spacial score (nSPS) is 10.1. The molecule has 0 aliphatic heterocycles. The summed E-state index contributed by atoms with van der Waals surface area (Å²) in [5.74, 6) is 0.989. The summed E-state index contributed by atoms with van der Waals surface area (Å²) in [4.78, 5) is 16.0. The van der Waals surface area contributed by atoms with Crippen LogP contribution in [0.5, 0.6) is 11.6 Å². The molecule has 0 saturated carbocycles. The summed E-state index contributed by atoms with van der Waals surface area (Å²) < 4.78 is 11.8. The van der Waals surface area contributed by atoms with E-state index in [1.54, 1.807) is 18.3 Å². The van der Waals surface area contributed by atoms with Gasteiger partial charge in [0.05, 0.1) is 6.61 Å². The first-order valence-corrected chi connectivity index (χ1v) is 7.70. The van der Waals surface area contributed by atoms with Crippen LogP contribution < -0.4 is 14.8 Å². The molecular weight excluding hydrogens is 348 g/mol. The van der Waals surface area contributed by atoms with Gasteiger partial charge in [0.2, 0.25) is 5.88 Å². The number of pyridine rings is 1. The lowest BCUT2D eigenvalue weighted by atomic mass is 10.2. The van der Waals surface area contributed by atoms with Crippen LogP contribution in [0.2, 0.25) is 0 Å². The van der Waals surface area contributed by atoms with Gasteiger partial charge in [0.15, 0.2) is 6.61 Å². The molecule has 0 unspecified atom stereocenters. The molecule has 6 heteroatoms. The molecule has 2 aromatic rings. The Morgan fingerprint density at radius 3 is 2.73 bits per heavy atom. The van der Waals surface area contributed by atoms with Crippen molar-refractivity contribution in [2.45, 2.75) is 13.5 Å². The van der Waals surface area contributed by atoms with Gasteiger partial charge in [0, 0.05) is 22.8 Å². The van der Waals surface area contributed by atoms with Gasteiger partial charge >= 0.3 is 0 Å². The van der Waals surface area contributed by atoms with Gasteiger partial charge in [-0.1, -0.05) is 22.0 Å². The number of rotatable bonds is 7. The van der Waals surface area contributed by atoms with Crippen LogP contribution in [0.3, 0.4) is 0 Å². The predicted molar refractivity (Wildman–Crippen MR) is 86.9 cm³/mol. The monoisotopic (exact) mass is 364 g/mol. The molecule has 1 N–H and O–H groups in total. The van der Waals surface area contributed by atoms with Crippen molar-refractivity contribution in [3.8, 4) is 11.6 Å². The summed E-state index contributed by atoms with van der Waals surface area (Å²) in [6, 6.07) is 11.0. The summed E-state index contributed by atoms with van der Waals surface area (Å²) >= 11 is 3.34. The quantitative estimate of drug-likeness (QED) is 0.820. The highest BCUT2D eigenvalue weighted by Gasteiger charge is 2.07. The molecule has 0 atom stereocenters. The van der Waals surface area contributed by atoms with E-state index < -0.39 is 0 Å². The zero-order valence-electron chi connectivity index (χ0n) is 12.2. The van der Waals surface area contributed by atoms with Crippen LogP contribution in [0, 0.1) is 0 Å². The molecule has 0 saturated heterocycles. The minimum atomic E-state index is -0.200. The Labute approximate surface area is 137 Å². The van der Waals surface area contributed by atoms with E-state index in [2.05, 4.69) is 26.2 Å². The van der Waals surface area contributed by atoms with E-state index in [-0.39, 0.29) is 12.5 Å². The molecule has 22 heavy (non-hydrogen) atoms. The second-order valence-electron chi connectivity index (χ2n) is 4.42. The van der Waals surface area contributed by atoms with Gasteiger partial charge in [-0.05, 0) is 37.3 Å². The van der Waals surface area contributed by atoms with Crippen LogP contribution in [0.15, 0.2) is 47.1 Å². The van der Waals surface area contributed by atoms with Crippen molar-refractivity contribution in [2.75, 3.05) is 13.2 Å². The molecular formula is C16H17BrN2O3. The molecule has 1 amide bonds. The van der Waals surface area contributed by atoms with Gasteiger partial charge in [0.25, 0.3) is 5.91 Å².